The third-order valence-corrected chi connectivity index (χ3v) is 4.71. The number of nitrogens with one attached hydrogen (secondary N) is 1. The van der Waals surface area contributed by atoms with Crippen molar-refractivity contribution in [3.63, 3.8) is 0 Å². The molecule has 1 aromatic carbocycles. The van der Waals surface area contributed by atoms with Gasteiger partial charge in [-0.3, -0.25) is 4.98 Å². The van der Waals surface area contributed by atoms with Crippen LogP contribution in [-0.4, -0.2) is 11.0 Å². The van der Waals surface area contributed by atoms with Crippen LogP contribution in [0.3, 0.4) is 0 Å². The summed E-state index contributed by atoms with van der Waals surface area (Å²) in [6, 6.07) is 11.2. The number of hydrogen-bond donors (Lipinski definition) is 1. The average molecular weight is 268 g/mol. The lowest BCUT2D eigenvalue weighted by Crippen LogP contribution is -2.34. The maximum Gasteiger partial charge on any atom is 0.0705 e. The minimum Gasteiger partial charge on any atom is -0.310 e. The van der Waals surface area contributed by atoms with Crippen LogP contribution in [0, 0.1) is 5.92 Å². The molecule has 2 aromatic rings. The molecule has 1 aliphatic rings. The Hall–Kier alpha value is -1.41. The molecule has 0 unspecified atom stereocenters. The zero-order valence-corrected chi connectivity index (χ0v) is 12.3. The zero-order valence-electron chi connectivity index (χ0n) is 12.3. The normalized spacial score (nSPS) is 18.2. The standard InChI is InChI=1S/C18H24N2/c1-14(15-7-3-2-4-8-15)20-13-16-11-12-19-18-10-6-5-9-17(16)18/h5-6,9-12,14-15,20H,2-4,7-8,13H2,1H3/t14-/m0/s1. The van der Waals surface area contributed by atoms with E-state index >= 15 is 0 Å². The summed E-state index contributed by atoms with van der Waals surface area (Å²) in [7, 11) is 0. The summed E-state index contributed by atoms with van der Waals surface area (Å²) in [4.78, 5) is 4.43. The highest BCUT2D eigenvalue weighted by Crippen LogP contribution is 2.26. The molecule has 1 aliphatic carbocycles. The molecule has 3 rings (SSSR count). The van der Waals surface area contributed by atoms with E-state index in [4.69, 9.17) is 0 Å². The smallest absolute Gasteiger partial charge is 0.0705 e. The lowest BCUT2D eigenvalue weighted by molar-refractivity contribution is 0.281. The van der Waals surface area contributed by atoms with Crippen LogP contribution >= 0.6 is 0 Å². The number of hydrogen-bond acceptors (Lipinski definition) is 2. The van der Waals surface area contributed by atoms with E-state index in [1.165, 1.54) is 43.1 Å². The molecule has 1 atom stereocenters. The van der Waals surface area contributed by atoms with E-state index in [1.807, 2.05) is 6.20 Å². The maximum atomic E-state index is 4.43. The lowest BCUT2D eigenvalue weighted by atomic mass is 9.84. The van der Waals surface area contributed by atoms with Gasteiger partial charge in [0.05, 0.1) is 5.52 Å². The summed E-state index contributed by atoms with van der Waals surface area (Å²) in [5, 5.41) is 5.01. The second-order valence-electron chi connectivity index (χ2n) is 6.05. The van der Waals surface area contributed by atoms with Gasteiger partial charge in [-0.2, -0.15) is 0 Å². The van der Waals surface area contributed by atoms with Crippen LogP contribution in [0.25, 0.3) is 10.9 Å². The summed E-state index contributed by atoms with van der Waals surface area (Å²) in [5.41, 5.74) is 2.45. The molecule has 0 radical (unpaired) electrons. The van der Waals surface area contributed by atoms with Gasteiger partial charge in [-0.25, -0.2) is 0 Å². The molecule has 0 spiro atoms. The molecular weight excluding hydrogens is 244 g/mol. The Morgan fingerprint density at radius 1 is 1.15 bits per heavy atom. The third-order valence-electron chi connectivity index (χ3n) is 4.71. The predicted octanol–water partition coefficient (Wildman–Crippen LogP) is 4.29. The van der Waals surface area contributed by atoms with Crippen molar-refractivity contribution >= 4 is 10.9 Å². The topological polar surface area (TPSA) is 24.9 Å². The Labute approximate surface area is 121 Å². The van der Waals surface area contributed by atoms with Crippen molar-refractivity contribution in [2.75, 3.05) is 0 Å². The molecule has 106 valence electrons. The molecule has 20 heavy (non-hydrogen) atoms. The lowest BCUT2D eigenvalue weighted by Gasteiger charge is -2.28. The number of para-hydroxylation sites is 1. The average Bonchev–Trinajstić information content (AvgIpc) is 2.53. The Kier molecular flexibility index (Phi) is 4.31. The number of fused-ring (bicyclic) bond motifs is 1. The number of nitrogens with zero attached hydrogens (tertiary/aromatic N) is 1. The van der Waals surface area contributed by atoms with Crippen molar-refractivity contribution in [3.8, 4) is 0 Å². The van der Waals surface area contributed by atoms with Crippen LogP contribution in [0.5, 0.6) is 0 Å². The van der Waals surface area contributed by atoms with Gasteiger partial charge in [0.25, 0.3) is 0 Å². The molecule has 0 bridgehead atoms. The van der Waals surface area contributed by atoms with E-state index in [2.05, 4.69) is 47.6 Å². The SMILES string of the molecule is C[C@H](NCc1ccnc2ccccc12)C1CCCCC1. The van der Waals surface area contributed by atoms with Crippen LogP contribution in [0.15, 0.2) is 36.5 Å². The monoisotopic (exact) mass is 268 g/mol. The van der Waals surface area contributed by atoms with Crippen LogP contribution in [0.1, 0.15) is 44.6 Å². The molecule has 1 heterocycles. The second kappa shape index (κ2) is 6.36. The molecule has 0 amide bonds. The Morgan fingerprint density at radius 3 is 2.80 bits per heavy atom. The maximum absolute atomic E-state index is 4.43. The number of pyridine rings is 1. The van der Waals surface area contributed by atoms with Gasteiger partial charge in [0.1, 0.15) is 0 Å². The predicted molar refractivity (Wildman–Crippen MR) is 84.6 cm³/mol. The first-order valence-electron chi connectivity index (χ1n) is 7.90. The third kappa shape index (κ3) is 3.01. The fraction of sp³-hybridized carbons (Fsp3) is 0.500. The van der Waals surface area contributed by atoms with Gasteiger partial charge >= 0.3 is 0 Å². The van der Waals surface area contributed by atoms with Crippen LogP contribution in [0.4, 0.5) is 0 Å². The van der Waals surface area contributed by atoms with E-state index in [0.717, 1.165) is 18.0 Å². The second-order valence-corrected chi connectivity index (χ2v) is 6.05. The van der Waals surface area contributed by atoms with Gasteiger partial charge in [0.2, 0.25) is 0 Å². The van der Waals surface area contributed by atoms with E-state index in [-0.39, 0.29) is 0 Å². The highest BCUT2D eigenvalue weighted by molar-refractivity contribution is 5.81. The molecule has 2 nitrogen and oxygen atoms in total. The van der Waals surface area contributed by atoms with Crippen molar-refractivity contribution in [2.24, 2.45) is 5.92 Å². The molecule has 1 fully saturated rings. The summed E-state index contributed by atoms with van der Waals surface area (Å²) in [6.45, 7) is 3.29. The van der Waals surface area contributed by atoms with E-state index < -0.39 is 0 Å². The van der Waals surface area contributed by atoms with Gasteiger partial charge < -0.3 is 5.32 Å². The van der Waals surface area contributed by atoms with Crippen molar-refractivity contribution in [3.05, 3.63) is 42.1 Å². The fourth-order valence-corrected chi connectivity index (χ4v) is 3.38. The number of rotatable bonds is 4. The molecule has 0 saturated heterocycles. The van der Waals surface area contributed by atoms with Crippen molar-refractivity contribution in [2.45, 2.75) is 51.6 Å². The molecule has 1 aromatic heterocycles. The molecule has 1 N–H and O–H groups in total. The summed E-state index contributed by atoms with van der Waals surface area (Å²) in [6.07, 6.45) is 8.96. The Balaban J connectivity index is 1.67. The molecule has 2 heteroatoms. The first-order valence-corrected chi connectivity index (χ1v) is 7.90. The minimum atomic E-state index is 0.613. The quantitative estimate of drug-likeness (QED) is 0.894. The highest BCUT2D eigenvalue weighted by Gasteiger charge is 2.19. The van der Waals surface area contributed by atoms with Gasteiger partial charge in [0, 0.05) is 24.2 Å². The zero-order chi connectivity index (χ0) is 13.8. The summed E-state index contributed by atoms with van der Waals surface area (Å²) in [5.74, 6) is 0.858. The summed E-state index contributed by atoms with van der Waals surface area (Å²) < 4.78 is 0. The first-order chi connectivity index (χ1) is 9.84. The number of benzene rings is 1. The Morgan fingerprint density at radius 2 is 1.95 bits per heavy atom. The molecular formula is C18H24N2. The van der Waals surface area contributed by atoms with Crippen molar-refractivity contribution < 1.29 is 0 Å². The highest BCUT2D eigenvalue weighted by atomic mass is 14.9. The van der Waals surface area contributed by atoms with E-state index in [1.54, 1.807) is 0 Å². The van der Waals surface area contributed by atoms with Gasteiger partial charge in [-0.05, 0) is 43.4 Å². The molecule has 0 aliphatic heterocycles. The van der Waals surface area contributed by atoms with Gasteiger partial charge in [-0.1, -0.05) is 37.5 Å². The van der Waals surface area contributed by atoms with Crippen molar-refractivity contribution in [1.82, 2.24) is 10.3 Å². The molecule has 1 saturated carbocycles. The van der Waals surface area contributed by atoms with Gasteiger partial charge in [0.15, 0.2) is 0 Å². The van der Waals surface area contributed by atoms with Gasteiger partial charge in [-0.15, -0.1) is 0 Å². The van der Waals surface area contributed by atoms with E-state index in [9.17, 15) is 0 Å². The largest absolute Gasteiger partial charge is 0.310 e. The summed E-state index contributed by atoms with van der Waals surface area (Å²) >= 11 is 0. The fourth-order valence-electron chi connectivity index (χ4n) is 3.38. The Bertz CT molecular complexity index is 553. The van der Waals surface area contributed by atoms with E-state index in [0.29, 0.717) is 6.04 Å². The first kappa shape index (κ1) is 13.6. The van der Waals surface area contributed by atoms with Crippen LogP contribution in [-0.2, 0) is 6.54 Å². The number of aromatic nitrogens is 1. The van der Waals surface area contributed by atoms with Crippen molar-refractivity contribution in [1.29, 1.82) is 0 Å². The van der Waals surface area contributed by atoms with Crippen LogP contribution < -0.4 is 5.32 Å². The minimum absolute atomic E-state index is 0.613. The van der Waals surface area contributed by atoms with Crippen LogP contribution in [0.2, 0.25) is 0 Å².